The smallest absolute Gasteiger partial charge is 0.0407 e. The first-order chi connectivity index (χ1) is 20.1. The van der Waals surface area contributed by atoms with Gasteiger partial charge >= 0.3 is 0 Å². The molecule has 0 fully saturated rings. The van der Waals surface area contributed by atoms with E-state index in [0.717, 1.165) is 43.8 Å². The largest absolute Gasteiger partial charge is 0.0616 e. The summed E-state index contributed by atoms with van der Waals surface area (Å²) in [6.07, 6.45) is 0. The molecule has 0 saturated heterocycles. The van der Waals surface area contributed by atoms with Crippen LogP contribution in [0.4, 0.5) is 0 Å². The Labute approximate surface area is 250 Å². The molecule has 0 nitrogen and oxygen atoms in total. The lowest BCUT2D eigenvalue weighted by molar-refractivity contribution is 0.590. The normalized spacial score (nSPS) is 11.7. The van der Waals surface area contributed by atoms with E-state index in [2.05, 4.69) is 174 Å². The Morgan fingerprint density at radius 3 is 1.10 bits per heavy atom. The Morgan fingerprint density at radius 2 is 0.738 bits per heavy atom. The highest BCUT2D eigenvalue weighted by Crippen LogP contribution is 2.35. The lowest BCUT2D eigenvalue weighted by atomic mass is 9.86. The standard InChI is InChI=1S/C42H36/c1-41(2,3)33-21-15-29(16-22-33)19-25-37-35-13-9-10-14-36(35)38(26-20-30-17-23-34(24-18-30)42(4,5)6)40-28-32-12-8-7-11-31(32)27-39(37)40/h7-18,21-24,27-28H,1-6H3. The highest BCUT2D eigenvalue weighted by Gasteiger charge is 2.15. The number of rotatable bonds is 0. The molecule has 0 aliphatic heterocycles. The summed E-state index contributed by atoms with van der Waals surface area (Å²) in [4.78, 5) is 0. The second-order valence-electron chi connectivity index (χ2n) is 13.2. The lowest BCUT2D eigenvalue weighted by Gasteiger charge is -2.18. The van der Waals surface area contributed by atoms with Crippen molar-refractivity contribution < 1.29 is 0 Å². The number of hydrogen-bond acceptors (Lipinski definition) is 0. The SMILES string of the molecule is CC(C)(C)c1ccc(C#Cc2c3ccccc3c(C#Cc3ccc(C(C)(C)C)cc3)c3cc4ccccc4cc23)cc1. The van der Waals surface area contributed by atoms with Crippen molar-refractivity contribution in [2.45, 2.75) is 52.4 Å². The summed E-state index contributed by atoms with van der Waals surface area (Å²) in [5.74, 6) is 14.1. The van der Waals surface area contributed by atoms with Crippen LogP contribution < -0.4 is 0 Å². The summed E-state index contributed by atoms with van der Waals surface area (Å²) in [6, 6.07) is 39.0. The van der Waals surface area contributed by atoms with E-state index >= 15 is 0 Å². The van der Waals surface area contributed by atoms with Crippen LogP contribution in [0.5, 0.6) is 0 Å². The Balaban J connectivity index is 1.57. The van der Waals surface area contributed by atoms with E-state index in [1.54, 1.807) is 0 Å². The van der Waals surface area contributed by atoms with Gasteiger partial charge < -0.3 is 0 Å². The summed E-state index contributed by atoms with van der Waals surface area (Å²) < 4.78 is 0. The van der Waals surface area contributed by atoms with Gasteiger partial charge in [-0.2, -0.15) is 0 Å². The van der Waals surface area contributed by atoms with Gasteiger partial charge in [0.25, 0.3) is 0 Å². The van der Waals surface area contributed by atoms with Gasteiger partial charge in [0.15, 0.2) is 0 Å². The van der Waals surface area contributed by atoms with E-state index in [1.165, 1.54) is 21.9 Å². The Hall–Kier alpha value is -4.78. The second kappa shape index (κ2) is 10.6. The molecule has 0 heterocycles. The fraction of sp³-hybridized carbons (Fsp3) is 0.190. The summed E-state index contributed by atoms with van der Waals surface area (Å²) in [5.41, 5.74) is 6.98. The maximum absolute atomic E-state index is 3.59. The van der Waals surface area contributed by atoms with E-state index in [1.807, 2.05) is 0 Å². The second-order valence-corrected chi connectivity index (χ2v) is 13.2. The summed E-state index contributed by atoms with van der Waals surface area (Å²) in [7, 11) is 0. The van der Waals surface area contributed by atoms with Crippen molar-refractivity contribution in [3.63, 3.8) is 0 Å². The molecule has 0 N–H and O–H groups in total. The van der Waals surface area contributed by atoms with Gasteiger partial charge in [-0.1, -0.05) is 138 Å². The summed E-state index contributed by atoms with van der Waals surface area (Å²) in [6.45, 7) is 13.4. The molecule has 0 aliphatic rings. The lowest BCUT2D eigenvalue weighted by Crippen LogP contribution is -2.10. The van der Waals surface area contributed by atoms with Crippen LogP contribution in [0, 0.1) is 23.7 Å². The fourth-order valence-corrected chi connectivity index (χ4v) is 5.51. The van der Waals surface area contributed by atoms with Crippen LogP contribution in [0.3, 0.4) is 0 Å². The molecular weight excluding hydrogens is 504 g/mol. The summed E-state index contributed by atoms with van der Waals surface area (Å²) >= 11 is 0. The van der Waals surface area contributed by atoms with Crippen LogP contribution in [-0.2, 0) is 10.8 Å². The van der Waals surface area contributed by atoms with Gasteiger partial charge in [-0.3, -0.25) is 0 Å². The zero-order valence-corrected chi connectivity index (χ0v) is 25.4. The third-order valence-corrected chi connectivity index (χ3v) is 8.06. The molecule has 0 spiro atoms. The maximum Gasteiger partial charge on any atom is 0.0407 e. The van der Waals surface area contributed by atoms with Crippen LogP contribution in [0.25, 0.3) is 32.3 Å². The van der Waals surface area contributed by atoms with Gasteiger partial charge in [0.1, 0.15) is 0 Å². The number of fused-ring (bicyclic) bond motifs is 3. The van der Waals surface area contributed by atoms with Crippen LogP contribution in [0.15, 0.2) is 109 Å². The molecule has 6 aromatic carbocycles. The minimum Gasteiger partial charge on any atom is -0.0616 e. The number of hydrogen-bond donors (Lipinski definition) is 0. The van der Waals surface area contributed by atoms with E-state index in [9.17, 15) is 0 Å². The molecule has 6 rings (SSSR count). The van der Waals surface area contributed by atoms with E-state index in [4.69, 9.17) is 0 Å². The van der Waals surface area contributed by atoms with Gasteiger partial charge in [-0.25, -0.2) is 0 Å². The van der Waals surface area contributed by atoms with Gasteiger partial charge in [-0.15, -0.1) is 0 Å². The minimum absolute atomic E-state index is 0.116. The van der Waals surface area contributed by atoms with Crippen molar-refractivity contribution in [3.8, 4) is 23.7 Å². The van der Waals surface area contributed by atoms with Gasteiger partial charge in [-0.05, 0) is 90.7 Å². The van der Waals surface area contributed by atoms with Crippen molar-refractivity contribution in [2.75, 3.05) is 0 Å². The molecule has 0 atom stereocenters. The molecule has 0 amide bonds. The monoisotopic (exact) mass is 540 g/mol. The molecule has 0 radical (unpaired) electrons. The zero-order valence-electron chi connectivity index (χ0n) is 25.4. The van der Waals surface area contributed by atoms with Gasteiger partial charge in [0, 0.05) is 22.3 Å². The molecule has 0 bridgehead atoms. The molecule has 0 unspecified atom stereocenters. The molecule has 0 saturated carbocycles. The molecule has 204 valence electrons. The zero-order chi connectivity index (χ0) is 29.5. The highest BCUT2D eigenvalue weighted by atomic mass is 14.2. The van der Waals surface area contributed by atoms with E-state index < -0.39 is 0 Å². The Morgan fingerprint density at radius 1 is 0.381 bits per heavy atom. The Bertz CT molecular complexity index is 1910. The molecule has 0 heteroatoms. The predicted molar refractivity (Wildman–Crippen MR) is 181 cm³/mol. The van der Waals surface area contributed by atoms with Crippen LogP contribution >= 0.6 is 0 Å². The van der Waals surface area contributed by atoms with E-state index in [0.29, 0.717) is 0 Å². The first-order valence-electron chi connectivity index (χ1n) is 14.7. The molecule has 0 aromatic heterocycles. The van der Waals surface area contributed by atoms with Crippen molar-refractivity contribution in [1.29, 1.82) is 0 Å². The van der Waals surface area contributed by atoms with Crippen molar-refractivity contribution >= 4 is 32.3 Å². The van der Waals surface area contributed by atoms with Crippen LogP contribution in [0.2, 0.25) is 0 Å². The predicted octanol–water partition coefficient (Wildman–Crippen LogP) is 10.5. The number of benzene rings is 6. The Kier molecular flexibility index (Phi) is 6.89. The third-order valence-electron chi connectivity index (χ3n) is 8.06. The first-order valence-corrected chi connectivity index (χ1v) is 14.7. The van der Waals surface area contributed by atoms with Crippen molar-refractivity contribution in [2.24, 2.45) is 0 Å². The van der Waals surface area contributed by atoms with Gasteiger partial charge in [0.2, 0.25) is 0 Å². The fourth-order valence-electron chi connectivity index (χ4n) is 5.51. The van der Waals surface area contributed by atoms with Crippen LogP contribution in [-0.4, -0.2) is 0 Å². The van der Waals surface area contributed by atoms with E-state index in [-0.39, 0.29) is 10.8 Å². The average molecular weight is 541 g/mol. The highest BCUT2D eigenvalue weighted by molar-refractivity contribution is 6.13. The van der Waals surface area contributed by atoms with Gasteiger partial charge in [0.05, 0.1) is 0 Å². The molecule has 6 aromatic rings. The first kappa shape index (κ1) is 27.4. The maximum atomic E-state index is 3.59. The minimum atomic E-state index is 0.116. The third kappa shape index (κ3) is 5.42. The summed E-state index contributed by atoms with van der Waals surface area (Å²) in [5, 5.41) is 6.94. The van der Waals surface area contributed by atoms with Crippen LogP contribution in [0.1, 0.15) is 74.9 Å². The average Bonchev–Trinajstić information content (AvgIpc) is 2.97. The molecule has 42 heavy (non-hydrogen) atoms. The quantitative estimate of drug-likeness (QED) is 0.133. The topological polar surface area (TPSA) is 0 Å². The van der Waals surface area contributed by atoms with Crippen molar-refractivity contribution in [3.05, 3.63) is 143 Å². The molecular formula is C42H36. The molecule has 0 aliphatic carbocycles. The van der Waals surface area contributed by atoms with Crippen molar-refractivity contribution in [1.82, 2.24) is 0 Å².